The molecule has 0 bridgehead atoms. The number of halogens is 1. The van der Waals surface area contributed by atoms with Crippen molar-refractivity contribution in [3.8, 4) is 0 Å². The molecule has 3 rings (SSSR count). The standard InChI is InChI=1S/C18H27ClN6O/c1-5-24-11-16(13(2)20-24)10-22-6-8-23(9-7-22)18(26)15(4)25-12-17(19)14(3)21-25/h11-12,15H,5-10H2,1-4H3/t15-/m0/s1. The Hall–Kier alpha value is -1.86. The summed E-state index contributed by atoms with van der Waals surface area (Å²) in [6, 6.07) is -0.335. The summed E-state index contributed by atoms with van der Waals surface area (Å²) in [5.41, 5.74) is 3.10. The summed E-state index contributed by atoms with van der Waals surface area (Å²) in [6.07, 6.45) is 3.85. The number of carbonyl (C=O) groups is 1. The second-order valence-electron chi connectivity index (χ2n) is 6.92. The molecule has 0 N–H and O–H groups in total. The molecule has 0 aromatic carbocycles. The molecule has 0 spiro atoms. The summed E-state index contributed by atoms with van der Waals surface area (Å²) in [5.74, 6) is 0.0961. The third kappa shape index (κ3) is 3.94. The van der Waals surface area contributed by atoms with Gasteiger partial charge >= 0.3 is 0 Å². The summed E-state index contributed by atoms with van der Waals surface area (Å²) in [7, 11) is 0. The van der Waals surface area contributed by atoms with Crippen LogP contribution in [0.25, 0.3) is 0 Å². The van der Waals surface area contributed by atoms with E-state index in [-0.39, 0.29) is 11.9 Å². The van der Waals surface area contributed by atoms with Gasteiger partial charge in [-0.3, -0.25) is 19.1 Å². The molecule has 1 atom stereocenters. The number of carbonyl (C=O) groups excluding carboxylic acids is 1. The Labute approximate surface area is 159 Å². The van der Waals surface area contributed by atoms with Gasteiger partial charge in [-0.15, -0.1) is 0 Å². The van der Waals surface area contributed by atoms with Crippen LogP contribution in [-0.2, 0) is 17.9 Å². The smallest absolute Gasteiger partial charge is 0.247 e. The number of hydrogen-bond acceptors (Lipinski definition) is 4. The predicted octanol–water partition coefficient (Wildman–Crippen LogP) is 2.28. The predicted molar refractivity (Wildman–Crippen MR) is 101 cm³/mol. The molecule has 1 fully saturated rings. The molecule has 2 aromatic rings. The van der Waals surface area contributed by atoms with Crippen molar-refractivity contribution in [3.63, 3.8) is 0 Å². The van der Waals surface area contributed by atoms with Gasteiger partial charge in [0, 0.05) is 57.2 Å². The van der Waals surface area contributed by atoms with Crippen LogP contribution >= 0.6 is 11.6 Å². The topological polar surface area (TPSA) is 59.2 Å². The fourth-order valence-electron chi connectivity index (χ4n) is 3.28. The first-order chi connectivity index (χ1) is 12.4. The molecule has 8 heteroatoms. The lowest BCUT2D eigenvalue weighted by atomic mass is 10.2. The molecule has 1 aliphatic heterocycles. The van der Waals surface area contributed by atoms with Gasteiger partial charge in [-0.25, -0.2) is 0 Å². The summed E-state index contributed by atoms with van der Waals surface area (Å²) in [5, 5.41) is 9.44. The first-order valence-electron chi connectivity index (χ1n) is 9.14. The number of aromatic nitrogens is 4. The van der Waals surface area contributed by atoms with Crippen LogP contribution in [0.15, 0.2) is 12.4 Å². The van der Waals surface area contributed by atoms with Gasteiger partial charge in [-0.2, -0.15) is 10.2 Å². The molecule has 0 radical (unpaired) electrons. The van der Waals surface area contributed by atoms with Crippen LogP contribution < -0.4 is 0 Å². The number of aryl methyl sites for hydroxylation is 3. The van der Waals surface area contributed by atoms with Crippen LogP contribution in [0.3, 0.4) is 0 Å². The fraction of sp³-hybridized carbons (Fsp3) is 0.611. The Balaban J connectivity index is 1.55. The van der Waals surface area contributed by atoms with E-state index in [1.807, 2.05) is 23.4 Å². The molecular formula is C18H27ClN6O. The molecule has 7 nitrogen and oxygen atoms in total. The molecule has 1 aliphatic rings. The van der Waals surface area contributed by atoms with E-state index < -0.39 is 0 Å². The highest BCUT2D eigenvalue weighted by molar-refractivity contribution is 6.31. The van der Waals surface area contributed by atoms with Crippen molar-refractivity contribution >= 4 is 17.5 Å². The van der Waals surface area contributed by atoms with Gasteiger partial charge in [0.15, 0.2) is 0 Å². The van der Waals surface area contributed by atoms with Gasteiger partial charge in [-0.05, 0) is 27.7 Å². The maximum absolute atomic E-state index is 12.8. The Kier molecular flexibility index (Phi) is 5.67. The van der Waals surface area contributed by atoms with Crippen molar-refractivity contribution in [1.29, 1.82) is 0 Å². The lowest BCUT2D eigenvalue weighted by Crippen LogP contribution is -2.50. The first-order valence-corrected chi connectivity index (χ1v) is 9.52. The molecule has 1 amide bonds. The van der Waals surface area contributed by atoms with E-state index in [1.54, 1.807) is 10.9 Å². The molecule has 0 saturated carbocycles. The summed E-state index contributed by atoms with van der Waals surface area (Å²) >= 11 is 6.06. The zero-order valence-corrected chi connectivity index (χ0v) is 16.7. The summed E-state index contributed by atoms with van der Waals surface area (Å²) in [4.78, 5) is 17.1. The van der Waals surface area contributed by atoms with E-state index in [0.717, 1.165) is 50.7 Å². The lowest BCUT2D eigenvalue weighted by Gasteiger charge is -2.35. The number of hydrogen-bond donors (Lipinski definition) is 0. The van der Waals surface area contributed by atoms with Gasteiger partial charge in [-0.1, -0.05) is 11.6 Å². The van der Waals surface area contributed by atoms with Gasteiger partial charge in [0.2, 0.25) is 5.91 Å². The largest absolute Gasteiger partial charge is 0.338 e. The maximum Gasteiger partial charge on any atom is 0.247 e. The molecule has 3 heterocycles. The molecule has 142 valence electrons. The quantitative estimate of drug-likeness (QED) is 0.800. The SMILES string of the molecule is CCn1cc(CN2CCN(C(=O)[C@H](C)n3cc(Cl)c(C)n3)CC2)c(C)n1. The summed E-state index contributed by atoms with van der Waals surface area (Å²) in [6.45, 7) is 12.8. The van der Waals surface area contributed by atoms with Crippen molar-refractivity contribution in [3.05, 3.63) is 34.4 Å². The van der Waals surface area contributed by atoms with E-state index in [9.17, 15) is 4.79 Å². The Morgan fingerprint density at radius 1 is 1.15 bits per heavy atom. The van der Waals surface area contributed by atoms with Gasteiger partial charge in [0.05, 0.1) is 16.4 Å². The Bertz CT molecular complexity index is 755. The van der Waals surface area contributed by atoms with Crippen molar-refractivity contribution in [2.45, 2.75) is 46.8 Å². The third-order valence-corrected chi connectivity index (χ3v) is 5.43. The van der Waals surface area contributed by atoms with Crippen molar-refractivity contribution in [1.82, 2.24) is 29.4 Å². The third-order valence-electron chi connectivity index (χ3n) is 5.06. The van der Waals surface area contributed by atoms with E-state index in [2.05, 4.69) is 35.1 Å². The van der Waals surface area contributed by atoms with Gasteiger partial charge in [0.1, 0.15) is 6.04 Å². The minimum Gasteiger partial charge on any atom is -0.338 e. The number of amides is 1. The lowest BCUT2D eigenvalue weighted by molar-refractivity contribution is -0.136. The molecule has 0 unspecified atom stereocenters. The van der Waals surface area contributed by atoms with E-state index in [4.69, 9.17) is 11.6 Å². The molecule has 0 aliphatic carbocycles. The van der Waals surface area contributed by atoms with Crippen LogP contribution in [-0.4, -0.2) is 61.4 Å². The zero-order valence-electron chi connectivity index (χ0n) is 15.9. The normalized spacial score (nSPS) is 16.9. The summed E-state index contributed by atoms with van der Waals surface area (Å²) < 4.78 is 3.64. The van der Waals surface area contributed by atoms with Crippen molar-refractivity contribution < 1.29 is 4.79 Å². The van der Waals surface area contributed by atoms with E-state index in [0.29, 0.717) is 5.02 Å². The fourth-order valence-corrected chi connectivity index (χ4v) is 3.42. The minimum absolute atomic E-state index is 0.0961. The highest BCUT2D eigenvalue weighted by Gasteiger charge is 2.27. The zero-order chi connectivity index (χ0) is 18.8. The van der Waals surface area contributed by atoms with E-state index in [1.165, 1.54) is 5.56 Å². The number of rotatable bonds is 5. The second-order valence-corrected chi connectivity index (χ2v) is 7.32. The molecule has 26 heavy (non-hydrogen) atoms. The number of piperazine rings is 1. The average molecular weight is 379 g/mol. The Morgan fingerprint density at radius 3 is 2.38 bits per heavy atom. The van der Waals surface area contributed by atoms with Crippen LogP contribution in [0.4, 0.5) is 0 Å². The van der Waals surface area contributed by atoms with Crippen LogP contribution in [0.2, 0.25) is 5.02 Å². The van der Waals surface area contributed by atoms with Crippen molar-refractivity contribution in [2.24, 2.45) is 0 Å². The highest BCUT2D eigenvalue weighted by Crippen LogP contribution is 2.19. The Morgan fingerprint density at radius 2 is 1.85 bits per heavy atom. The van der Waals surface area contributed by atoms with E-state index >= 15 is 0 Å². The van der Waals surface area contributed by atoms with Gasteiger partial charge < -0.3 is 4.90 Å². The maximum atomic E-state index is 12.8. The average Bonchev–Trinajstić information content (AvgIpc) is 3.16. The van der Waals surface area contributed by atoms with Crippen LogP contribution in [0.5, 0.6) is 0 Å². The minimum atomic E-state index is -0.335. The molecular weight excluding hydrogens is 352 g/mol. The first kappa shape index (κ1) is 18.9. The second kappa shape index (κ2) is 7.80. The van der Waals surface area contributed by atoms with Crippen LogP contribution in [0, 0.1) is 13.8 Å². The monoisotopic (exact) mass is 378 g/mol. The van der Waals surface area contributed by atoms with Crippen LogP contribution in [0.1, 0.15) is 36.8 Å². The van der Waals surface area contributed by atoms with Gasteiger partial charge in [0.25, 0.3) is 0 Å². The number of nitrogens with zero attached hydrogens (tertiary/aromatic N) is 6. The van der Waals surface area contributed by atoms with Crippen molar-refractivity contribution in [2.75, 3.05) is 26.2 Å². The molecule has 1 saturated heterocycles. The molecule has 2 aromatic heterocycles. The highest BCUT2D eigenvalue weighted by atomic mass is 35.5.